The Bertz CT molecular complexity index is 319. The standard InChI is InChI=1S/C10H12N2O2/c1-2-7-11-10(14)12-8-3-5-9(13)6-4-8/h2-6,13H,1,7H2,(H2,11,12,14). The van der Waals surface area contributed by atoms with Gasteiger partial charge in [0.2, 0.25) is 0 Å². The average Bonchev–Trinajstić information content (AvgIpc) is 2.18. The van der Waals surface area contributed by atoms with Crippen molar-refractivity contribution >= 4 is 11.7 Å². The lowest BCUT2D eigenvalue weighted by Crippen LogP contribution is -2.28. The number of rotatable bonds is 3. The minimum Gasteiger partial charge on any atom is -0.508 e. The number of benzene rings is 1. The maximum absolute atomic E-state index is 11.1. The van der Waals surface area contributed by atoms with E-state index in [9.17, 15) is 4.79 Å². The molecule has 0 radical (unpaired) electrons. The maximum atomic E-state index is 11.1. The molecule has 0 saturated heterocycles. The summed E-state index contributed by atoms with van der Waals surface area (Å²) in [6, 6.07) is 5.94. The molecule has 0 atom stereocenters. The number of phenols is 1. The molecule has 0 bridgehead atoms. The molecule has 4 heteroatoms. The van der Waals surface area contributed by atoms with Crippen LogP contribution < -0.4 is 10.6 Å². The topological polar surface area (TPSA) is 61.4 Å². The molecule has 0 unspecified atom stereocenters. The summed E-state index contributed by atoms with van der Waals surface area (Å²) in [7, 11) is 0. The van der Waals surface area contributed by atoms with Crippen LogP contribution >= 0.6 is 0 Å². The number of amides is 2. The van der Waals surface area contributed by atoms with Crippen LogP contribution in [0.25, 0.3) is 0 Å². The van der Waals surface area contributed by atoms with Gasteiger partial charge in [0.1, 0.15) is 5.75 Å². The second-order valence-corrected chi connectivity index (χ2v) is 2.67. The maximum Gasteiger partial charge on any atom is 0.319 e. The molecular weight excluding hydrogens is 180 g/mol. The number of hydrogen-bond acceptors (Lipinski definition) is 2. The van der Waals surface area contributed by atoms with E-state index >= 15 is 0 Å². The van der Waals surface area contributed by atoms with Gasteiger partial charge in [-0.05, 0) is 24.3 Å². The molecule has 0 saturated carbocycles. The highest BCUT2D eigenvalue weighted by molar-refractivity contribution is 5.89. The average molecular weight is 192 g/mol. The SMILES string of the molecule is C=CCNC(=O)Nc1ccc(O)cc1. The zero-order valence-electron chi connectivity index (χ0n) is 7.66. The van der Waals surface area contributed by atoms with Crippen molar-refractivity contribution in [2.75, 3.05) is 11.9 Å². The number of carbonyl (C=O) groups is 1. The molecule has 1 aromatic carbocycles. The fraction of sp³-hybridized carbons (Fsp3) is 0.100. The Balaban J connectivity index is 2.47. The second-order valence-electron chi connectivity index (χ2n) is 2.67. The smallest absolute Gasteiger partial charge is 0.319 e. The van der Waals surface area contributed by atoms with Gasteiger partial charge in [-0.2, -0.15) is 0 Å². The van der Waals surface area contributed by atoms with E-state index in [0.717, 1.165) is 0 Å². The van der Waals surface area contributed by atoms with E-state index in [1.165, 1.54) is 12.1 Å². The van der Waals surface area contributed by atoms with Gasteiger partial charge >= 0.3 is 6.03 Å². The van der Waals surface area contributed by atoms with Crippen molar-refractivity contribution in [1.82, 2.24) is 5.32 Å². The van der Waals surface area contributed by atoms with Crippen molar-refractivity contribution < 1.29 is 9.90 Å². The van der Waals surface area contributed by atoms with Crippen molar-refractivity contribution in [2.24, 2.45) is 0 Å². The minimum atomic E-state index is -0.296. The molecule has 1 aromatic rings. The molecular formula is C10H12N2O2. The van der Waals surface area contributed by atoms with Crippen LogP contribution in [0.15, 0.2) is 36.9 Å². The Hall–Kier alpha value is -1.97. The molecule has 14 heavy (non-hydrogen) atoms. The van der Waals surface area contributed by atoms with Crippen molar-refractivity contribution in [3.8, 4) is 5.75 Å². The first kappa shape index (κ1) is 10.1. The van der Waals surface area contributed by atoms with Gasteiger partial charge in [-0.15, -0.1) is 6.58 Å². The summed E-state index contributed by atoms with van der Waals surface area (Å²) < 4.78 is 0. The molecule has 4 nitrogen and oxygen atoms in total. The Morgan fingerprint density at radius 2 is 2.07 bits per heavy atom. The Kier molecular flexibility index (Phi) is 3.55. The Morgan fingerprint density at radius 3 is 2.64 bits per heavy atom. The van der Waals surface area contributed by atoms with Gasteiger partial charge in [-0.1, -0.05) is 6.08 Å². The lowest BCUT2D eigenvalue weighted by atomic mass is 10.3. The zero-order chi connectivity index (χ0) is 10.4. The molecule has 3 N–H and O–H groups in total. The van der Waals surface area contributed by atoms with Crippen LogP contribution in [-0.2, 0) is 0 Å². The number of nitrogens with one attached hydrogen (secondary N) is 2. The lowest BCUT2D eigenvalue weighted by molar-refractivity contribution is 0.253. The van der Waals surface area contributed by atoms with E-state index in [4.69, 9.17) is 5.11 Å². The van der Waals surface area contributed by atoms with Gasteiger partial charge in [-0.25, -0.2) is 4.79 Å². The number of phenolic OH excluding ortho intramolecular Hbond substituents is 1. The van der Waals surface area contributed by atoms with Crippen LogP contribution in [-0.4, -0.2) is 17.7 Å². The second kappa shape index (κ2) is 4.91. The third kappa shape index (κ3) is 3.18. The molecule has 0 spiro atoms. The van der Waals surface area contributed by atoms with Crippen LogP contribution in [0.3, 0.4) is 0 Å². The summed E-state index contributed by atoms with van der Waals surface area (Å²) in [5.74, 6) is 0.169. The number of anilines is 1. The summed E-state index contributed by atoms with van der Waals surface area (Å²) in [5, 5.41) is 14.2. The van der Waals surface area contributed by atoms with E-state index in [0.29, 0.717) is 12.2 Å². The first-order valence-corrected chi connectivity index (χ1v) is 4.17. The molecule has 74 valence electrons. The van der Waals surface area contributed by atoms with Gasteiger partial charge < -0.3 is 15.7 Å². The van der Waals surface area contributed by atoms with Crippen LogP contribution in [0.2, 0.25) is 0 Å². The number of aromatic hydroxyl groups is 1. The molecule has 0 heterocycles. The summed E-state index contributed by atoms with van der Waals surface area (Å²) in [6.45, 7) is 3.90. The molecule has 0 fully saturated rings. The lowest BCUT2D eigenvalue weighted by Gasteiger charge is -2.05. The summed E-state index contributed by atoms with van der Waals surface area (Å²) >= 11 is 0. The third-order valence-corrected chi connectivity index (χ3v) is 1.53. The van der Waals surface area contributed by atoms with Crippen molar-refractivity contribution in [3.63, 3.8) is 0 Å². The number of hydrogen-bond donors (Lipinski definition) is 3. The highest BCUT2D eigenvalue weighted by Gasteiger charge is 1.98. The Morgan fingerprint density at radius 1 is 1.43 bits per heavy atom. The van der Waals surface area contributed by atoms with Gasteiger partial charge in [-0.3, -0.25) is 0 Å². The van der Waals surface area contributed by atoms with Gasteiger partial charge in [0.05, 0.1) is 0 Å². The first-order chi connectivity index (χ1) is 6.72. The predicted molar refractivity (Wildman–Crippen MR) is 55.3 cm³/mol. The summed E-state index contributed by atoms with van der Waals surface area (Å²) in [6.07, 6.45) is 1.59. The summed E-state index contributed by atoms with van der Waals surface area (Å²) in [5.41, 5.74) is 0.629. The van der Waals surface area contributed by atoms with Gasteiger partial charge in [0.25, 0.3) is 0 Å². The molecule has 0 aliphatic heterocycles. The van der Waals surface area contributed by atoms with Crippen LogP contribution in [0.4, 0.5) is 10.5 Å². The van der Waals surface area contributed by atoms with Crippen LogP contribution in [0.1, 0.15) is 0 Å². The normalized spacial score (nSPS) is 9.14. The summed E-state index contributed by atoms with van der Waals surface area (Å²) in [4.78, 5) is 11.1. The molecule has 1 rings (SSSR count). The van der Waals surface area contributed by atoms with E-state index in [2.05, 4.69) is 17.2 Å². The van der Waals surface area contributed by atoms with Crippen LogP contribution in [0.5, 0.6) is 5.75 Å². The van der Waals surface area contributed by atoms with Gasteiger partial charge in [0.15, 0.2) is 0 Å². The zero-order valence-corrected chi connectivity index (χ0v) is 7.66. The van der Waals surface area contributed by atoms with Crippen molar-refractivity contribution in [1.29, 1.82) is 0 Å². The van der Waals surface area contributed by atoms with Crippen molar-refractivity contribution in [2.45, 2.75) is 0 Å². The van der Waals surface area contributed by atoms with Crippen LogP contribution in [0, 0.1) is 0 Å². The fourth-order valence-electron chi connectivity index (χ4n) is 0.885. The highest BCUT2D eigenvalue weighted by atomic mass is 16.3. The highest BCUT2D eigenvalue weighted by Crippen LogP contribution is 2.13. The number of urea groups is 1. The fourth-order valence-corrected chi connectivity index (χ4v) is 0.885. The molecule has 0 aliphatic rings. The van der Waals surface area contributed by atoms with E-state index in [-0.39, 0.29) is 11.8 Å². The molecule has 0 aromatic heterocycles. The van der Waals surface area contributed by atoms with Gasteiger partial charge in [0, 0.05) is 12.2 Å². The van der Waals surface area contributed by atoms with Crippen molar-refractivity contribution in [3.05, 3.63) is 36.9 Å². The monoisotopic (exact) mass is 192 g/mol. The van der Waals surface area contributed by atoms with E-state index in [1.807, 2.05) is 0 Å². The Labute approximate surface area is 82.3 Å². The quantitative estimate of drug-likeness (QED) is 0.504. The molecule has 2 amide bonds. The predicted octanol–water partition coefficient (Wildman–Crippen LogP) is 1.70. The third-order valence-electron chi connectivity index (χ3n) is 1.53. The minimum absolute atomic E-state index is 0.169. The van der Waals surface area contributed by atoms with E-state index < -0.39 is 0 Å². The van der Waals surface area contributed by atoms with E-state index in [1.54, 1.807) is 18.2 Å². The first-order valence-electron chi connectivity index (χ1n) is 4.17. The molecule has 0 aliphatic carbocycles. The number of carbonyl (C=O) groups excluding carboxylic acids is 1. The largest absolute Gasteiger partial charge is 0.508 e.